The summed E-state index contributed by atoms with van der Waals surface area (Å²) in [7, 11) is 0. The van der Waals surface area contributed by atoms with Crippen LogP contribution in [0.25, 0.3) is 0 Å². The van der Waals surface area contributed by atoms with Crippen molar-refractivity contribution >= 4 is 17.5 Å². The highest BCUT2D eigenvalue weighted by Gasteiger charge is 2.30. The van der Waals surface area contributed by atoms with Crippen molar-refractivity contribution in [3.8, 4) is 0 Å². The molecule has 28 heavy (non-hydrogen) atoms. The smallest absolute Gasteiger partial charge is 0.339 e. The maximum absolute atomic E-state index is 12.7. The highest BCUT2D eigenvalue weighted by molar-refractivity contribution is 6.06. The zero-order valence-electron chi connectivity index (χ0n) is 15.3. The summed E-state index contributed by atoms with van der Waals surface area (Å²) < 4.78 is 37.9. The first-order valence-corrected chi connectivity index (χ1v) is 9.22. The van der Waals surface area contributed by atoms with Crippen molar-refractivity contribution in [3.05, 3.63) is 65.2 Å². The molecular formula is C21H21F3N2O2. The van der Waals surface area contributed by atoms with Crippen LogP contribution in [0.1, 0.15) is 52.0 Å². The van der Waals surface area contributed by atoms with Crippen LogP contribution in [-0.2, 0) is 6.18 Å². The fraction of sp³-hybridized carbons (Fsp3) is 0.333. The van der Waals surface area contributed by atoms with Crippen molar-refractivity contribution < 1.29 is 22.8 Å². The molecular weight excluding hydrogens is 369 g/mol. The largest absolute Gasteiger partial charge is 0.416 e. The summed E-state index contributed by atoms with van der Waals surface area (Å²) in [6.07, 6.45) is -0.261. The molecule has 0 atom stereocenters. The number of nitrogens with one attached hydrogen (secondary N) is 1. The lowest BCUT2D eigenvalue weighted by molar-refractivity contribution is -0.137. The topological polar surface area (TPSA) is 49.4 Å². The predicted octanol–water partition coefficient (Wildman–Crippen LogP) is 4.97. The monoisotopic (exact) mass is 390 g/mol. The second-order valence-corrected chi connectivity index (χ2v) is 6.82. The third-order valence-electron chi connectivity index (χ3n) is 4.74. The van der Waals surface area contributed by atoms with Crippen molar-refractivity contribution in [3.63, 3.8) is 0 Å². The number of halogens is 3. The summed E-state index contributed by atoms with van der Waals surface area (Å²) in [4.78, 5) is 27.0. The molecule has 0 aromatic heterocycles. The normalized spacial score (nSPS) is 15.0. The van der Waals surface area contributed by atoms with Gasteiger partial charge in [-0.1, -0.05) is 18.9 Å². The highest BCUT2D eigenvalue weighted by Crippen LogP contribution is 2.29. The Morgan fingerprint density at radius 2 is 1.46 bits per heavy atom. The van der Waals surface area contributed by atoms with Crippen molar-refractivity contribution in [2.24, 2.45) is 0 Å². The number of alkyl halides is 3. The number of hydrogen-bond acceptors (Lipinski definition) is 2. The number of carbonyl (C=O) groups excluding carboxylic acids is 2. The quantitative estimate of drug-likeness (QED) is 0.804. The summed E-state index contributed by atoms with van der Waals surface area (Å²) >= 11 is 0. The van der Waals surface area contributed by atoms with E-state index in [4.69, 9.17) is 0 Å². The zero-order chi connectivity index (χ0) is 20.1. The number of likely N-dealkylation sites (tertiary alicyclic amines) is 1. The van der Waals surface area contributed by atoms with Crippen molar-refractivity contribution in [1.82, 2.24) is 4.90 Å². The first-order chi connectivity index (χ1) is 13.3. The average Bonchev–Trinajstić information content (AvgIpc) is 2.97. The lowest BCUT2D eigenvalue weighted by Crippen LogP contribution is -2.32. The maximum Gasteiger partial charge on any atom is 0.416 e. The predicted molar refractivity (Wildman–Crippen MR) is 100 cm³/mol. The Bertz CT molecular complexity index is 839. The molecule has 2 aromatic carbocycles. The number of carbonyl (C=O) groups is 2. The molecule has 1 aliphatic heterocycles. The van der Waals surface area contributed by atoms with E-state index in [9.17, 15) is 22.8 Å². The second kappa shape index (κ2) is 8.46. The lowest BCUT2D eigenvalue weighted by atomic mass is 10.1. The first-order valence-electron chi connectivity index (χ1n) is 9.22. The lowest BCUT2D eigenvalue weighted by Gasteiger charge is -2.20. The van der Waals surface area contributed by atoms with Gasteiger partial charge in [0.1, 0.15) is 0 Å². The van der Waals surface area contributed by atoms with Crippen LogP contribution in [0.3, 0.4) is 0 Å². The van der Waals surface area contributed by atoms with Crippen molar-refractivity contribution in [2.45, 2.75) is 31.9 Å². The van der Waals surface area contributed by atoms with Crippen LogP contribution in [-0.4, -0.2) is 29.8 Å². The van der Waals surface area contributed by atoms with Crippen LogP contribution in [0.2, 0.25) is 0 Å². The van der Waals surface area contributed by atoms with Crippen LogP contribution >= 0.6 is 0 Å². The van der Waals surface area contributed by atoms with E-state index in [-0.39, 0.29) is 17.2 Å². The molecule has 0 bridgehead atoms. The molecule has 7 heteroatoms. The first kappa shape index (κ1) is 19.9. The Kier molecular flexibility index (Phi) is 6.02. The van der Waals surface area contributed by atoms with Gasteiger partial charge in [0.2, 0.25) is 0 Å². The number of amides is 2. The van der Waals surface area contributed by atoms with Crippen molar-refractivity contribution in [2.75, 3.05) is 18.4 Å². The van der Waals surface area contributed by atoms with Gasteiger partial charge in [0.05, 0.1) is 5.56 Å². The minimum absolute atomic E-state index is 0.105. The minimum Gasteiger partial charge on any atom is -0.339 e. The summed E-state index contributed by atoms with van der Waals surface area (Å²) in [5.41, 5.74) is 0.181. The Morgan fingerprint density at radius 3 is 2.07 bits per heavy atom. The molecule has 1 N–H and O–H groups in total. The molecule has 1 fully saturated rings. The van der Waals surface area contributed by atoms with Crippen LogP contribution < -0.4 is 5.32 Å². The summed E-state index contributed by atoms with van der Waals surface area (Å²) in [6.45, 7) is 1.42. The number of anilines is 1. The van der Waals surface area contributed by atoms with Gasteiger partial charge in [0, 0.05) is 29.9 Å². The summed E-state index contributed by atoms with van der Waals surface area (Å²) in [5.74, 6) is -0.587. The van der Waals surface area contributed by atoms with Crippen LogP contribution in [0.15, 0.2) is 48.5 Å². The molecule has 148 valence electrons. The van der Waals surface area contributed by atoms with E-state index in [1.54, 1.807) is 23.1 Å². The van der Waals surface area contributed by atoms with Gasteiger partial charge < -0.3 is 10.2 Å². The maximum atomic E-state index is 12.7. The Labute approximate surface area is 161 Å². The standard InChI is InChI=1S/C21H21F3N2O2/c22-21(23,24)17-8-10-18(11-9-17)25-19(27)15-6-5-7-16(14-15)20(28)26-12-3-1-2-4-13-26/h5-11,14H,1-4,12-13H2,(H,25,27). The van der Waals surface area contributed by atoms with Gasteiger partial charge in [-0.25, -0.2) is 0 Å². The number of hydrogen-bond donors (Lipinski definition) is 1. The fourth-order valence-corrected chi connectivity index (χ4v) is 3.20. The third-order valence-corrected chi connectivity index (χ3v) is 4.74. The van der Waals surface area contributed by atoms with E-state index in [1.165, 1.54) is 18.2 Å². The highest BCUT2D eigenvalue weighted by atomic mass is 19.4. The molecule has 2 amide bonds. The fourth-order valence-electron chi connectivity index (χ4n) is 3.20. The molecule has 1 heterocycles. The van der Waals surface area contributed by atoms with E-state index in [0.29, 0.717) is 18.7 Å². The van der Waals surface area contributed by atoms with Gasteiger partial charge in [-0.05, 0) is 55.3 Å². The molecule has 0 radical (unpaired) electrons. The molecule has 0 unspecified atom stereocenters. The molecule has 4 nitrogen and oxygen atoms in total. The van der Waals surface area contributed by atoms with E-state index in [1.807, 2.05) is 0 Å². The van der Waals surface area contributed by atoms with Crippen molar-refractivity contribution in [1.29, 1.82) is 0 Å². The number of rotatable bonds is 3. The third kappa shape index (κ3) is 4.91. The van der Waals surface area contributed by atoms with Gasteiger partial charge in [0.25, 0.3) is 11.8 Å². The van der Waals surface area contributed by atoms with Crippen LogP contribution in [0, 0.1) is 0 Å². The van der Waals surface area contributed by atoms with E-state index < -0.39 is 17.6 Å². The zero-order valence-corrected chi connectivity index (χ0v) is 15.3. The molecule has 3 rings (SSSR count). The van der Waals surface area contributed by atoms with Gasteiger partial charge >= 0.3 is 6.18 Å². The molecule has 1 aliphatic rings. The van der Waals surface area contributed by atoms with Gasteiger partial charge in [-0.2, -0.15) is 13.2 Å². The Hall–Kier alpha value is -2.83. The number of nitrogens with zero attached hydrogens (tertiary/aromatic N) is 1. The van der Waals surface area contributed by atoms with E-state index >= 15 is 0 Å². The molecule has 0 spiro atoms. The Balaban J connectivity index is 1.70. The summed E-state index contributed by atoms with van der Waals surface area (Å²) in [5, 5.41) is 2.56. The average molecular weight is 390 g/mol. The van der Waals surface area contributed by atoms with Crippen LogP contribution in [0.5, 0.6) is 0 Å². The minimum atomic E-state index is -4.43. The van der Waals surface area contributed by atoms with Gasteiger partial charge in [-0.3, -0.25) is 9.59 Å². The van der Waals surface area contributed by atoms with E-state index in [0.717, 1.165) is 37.8 Å². The molecule has 1 saturated heterocycles. The molecule has 0 aliphatic carbocycles. The molecule has 0 saturated carbocycles. The number of benzene rings is 2. The SMILES string of the molecule is O=C(Nc1ccc(C(F)(F)F)cc1)c1cccc(C(=O)N2CCCCCC2)c1. The van der Waals surface area contributed by atoms with Crippen LogP contribution in [0.4, 0.5) is 18.9 Å². The second-order valence-electron chi connectivity index (χ2n) is 6.82. The van der Waals surface area contributed by atoms with Gasteiger partial charge in [-0.15, -0.1) is 0 Å². The van der Waals surface area contributed by atoms with E-state index in [2.05, 4.69) is 5.32 Å². The Morgan fingerprint density at radius 1 is 0.857 bits per heavy atom. The summed E-state index contributed by atoms with van der Waals surface area (Å²) in [6, 6.07) is 10.6. The van der Waals surface area contributed by atoms with Gasteiger partial charge in [0.15, 0.2) is 0 Å². The molecule has 2 aromatic rings.